The van der Waals surface area contributed by atoms with Crippen LogP contribution in [0.3, 0.4) is 0 Å². The van der Waals surface area contributed by atoms with Gasteiger partial charge in [-0.2, -0.15) is 13.2 Å². The van der Waals surface area contributed by atoms with E-state index in [1.54, 1.807) is 17.2 Å². The van der Waals surface area contributed by atoms with Crippen molar-refractivity contribution >= 4 is 44.9 Å². The van der Waals surface area contributed by atoms with Crippen molar-refractivity contribution in [1.82, 2.24) is 19.3 Å². The molecule has 186 valence electrons. The molecule has 1 aliphatic rings. The number of hydrogen-bond acceptors (Lipinski definition) is 4. The molecule has 4 aromatic rings. The van der Waals surface area contributed by atoms with Gasteiger partial charge in [0.25, 0.3) is 5.91 Å². The van der Waals surface area contributed by atoms with Crippen LogP contribution in [0.2, 0.25) is 5.02 Å². The number of piperidine rings is 1. The number of carbonyl (C=O) groups is 1. The first kappa shape index (κ1) is 24.6. The van der Waals surface area contributed by atoms with Crippen LogP contribution in [-0.4, -0.2) is 44.3 Å². The number of aromatic nitrogens is 3. The highest BCUT2D eigenvalue weighted by atomic mass is 79.9. The Morgan fingerprint density at radius 3 is 2.58 bits per heavy atom. The van der Waals surface area contributed by atoms with Crippen LogP contribution < -0.4 is 5.32 Å². The second kappa shape index (κ2) is 9.74. The maximum atomic E-state index is 13.0. The molecule has 0 unspecified atom stereocenters. The van der Waals surface area contributed by atoms with Crippen molar-refractivity contribution in [3.63, 3.8) is 0 Å². The summed E-state index contributed by atoms with van der Waals surface area (Å²) in [5.74, 6) is 0.179. The molecule has 0 spiro atoms. The van der Waals surface area contributed by atoms with E-state index in [9.17, 15) is 18.0 Å². The molecule has 0 bridgehead atoms. The lowest BCUT2D eigenvalue weighted by molar-refractivity contribution is -0.137. The summed E-state index contributed by atoms with van der Waals surface area (Å²) in [6.07, 6.45) is 0.267. The molecule has 0 saturated carbocycles. The van der Waals surface area contributed by atoms with Crippen molar-refractivity contribution in [3.05, 3.63) is 81.7 Å². The van der Waals surface area contributed by atoms with E-state index in [-0.39, 0.29) is 11.6 Å². The summed E-state index contributed by atoms with van der Waals surface area (Å²) < 4.78 is 41.8. The number of benzene rings is 2. The van der Waals surface area contributed by atoms with Gasteiger partial charge in [-0.25, -0.2) is 9.97 Å². The summed E-state index contributed by atoms with van der Waals surface area (Å²) in [6, 6.07) is 12.0. The van der Waals surface area contributed by atoms with Crippen molar-refractivity contribution in [3.8, 4) is 11.3 Å². The number of hydrogen-bond donors (Lipinski definition) is 1. The summed E-state index contributed by atoms with van der Waals surface area (Å²) in [5, 5.41) is 4.03. The standard InChI is InChI=1S/C25H20BrClF3N5O/c26-21-13-31-23-22(33-20(14-35(21)23)18-6-1-2-7-19(18)27)32-17-8-10-34(11-9-17)24(36)15-4-3-5-16(12-15)25(28,29)30/h1-7,12-14,17H,8-11H2,(H,32,33). The van der Waals surface area contributed by atoms with E-state index in [1.165, 1.54) is 12.1 Å². The minimum Gasteiger partial charge on any atom is -0.364 e. The van der Waals surface area contributed by atoms with Gasteiger partial charge in [0.15, 0.2) is 11.5 Å². The molecule has 0 aliphatic carbocycles. The molecule has 0 radical (unpaired) electrons. The van der Waals surface area contributed by atoms with Gasteiger partial charge in [0, 0.05) is 36.5 Å². The van der Waals surface area contributed by atoms with Crippen LogP contribution in [0, 0.1) is 0 Å². The molecule has 36 heavy (non-hydrogen) atoms. The van der Waals surface area contributed by atoms with Gasteiger partial charge in [-0.3, -0.25) is 9.20 Å². The SMILES string of the molecule is O=C(c1cccc(C(F)(F)F)c1)N1CCC(Nc2nc(-c3ccccc3Cl)cn3c(Br)cnc23)CC1. The van der Waals surface area contributed by atoms with E-state index < -0.39 is 17.6 Å². The van der Waals surface area contributed by atoms with Crippen molar-refractivity contribution < 1.29 is 18.0 Å². The van der Waals surface area contributed by atoms with Gasteiger partial charge in [-0.15, -0.1) is 0 Å². The van der Waals surface area contributed by atoms with Gasteiger partial charge in [-0.05, 0) is 53.0 Å². The van der Waals surface area contributed by atoms with Gasteiger partial charge in [0.2, 0.25) is 0 Å². The molecule has 1 aliphatic heterocycles. The maximum absolute atomic E-state index is 13.0. The van der Waals surface area contributed by atoms with Crippen molar-refractivity contribution in [1.29, 1.82) is 0 Å². The maximum Gasteiger partial charge on any atom is 0.416 e. The van der Waals surface area contributed by atoms with Gasteiger partial charge in [0.05, 0.1) is 22.5 Å². The summed E-state index contributed by atoms with van der Waals surface area (Å²) in [7, 11) is 0. The van der Waals surface area contributed by atoms with E-state index >= 15 is 0 Å². The van der Waals surface area contributed by atoms with Crippen molar-refractivity contribution in [2.75, 3.05) is 18.4 Å². The highest BCUT2D eigenvalue weighted by molar-refractivity contribution is 9.10. The number of alkyl halides is 3. The fourth-order valence-corrected chi connectivity index (χ4v) is 4.89. The fourth-order valence-electron chi connectivity index (χ4n) is 4.29. The molecule has 6 nitrogen and oxygen atoms in total. The zero-order chi connectivity index (χ0) is 25.4. The number of imidazole rings is 1. The number of nitrogens with one attached hydrogen (secondary N) is 1. The Bertz CT molecular complexity index is 1430. The first-order valence-electron chi connectivity index (χ1n) is 11.2. The minimum absolute atomic E-state index is 0.00355. The average molecular weight is 579 g/mol. The topological polar surface area (TPSA) is 62.5 Å². The lowest BCUT2D eigenvalue weighted by Crippen LogP contribution is -2.42. The van der Waals surface area contributed by atoms with E-state index in [1.807, 2.05) is 28.8 Å². The highest BCUT2D eigenvalue weighted by Gasteiger charge is 2.32. The molecule has 2 aromatic carbocycles. The normalized spacial score (nSPS) is 14.9. The van der Waals surface area contributed by atoms with E-state index in [0.29, 0.717) is 48.1 Å². The number of rotatable bonds is 4. The number of amides is 1. The van der Waals surface area contributed by atoms with Crippen LogP contribution in [0.1, 0.15) is 28.8 Å². The summed E-state index contributed by atoms with van der Waals surface area (Å²) >= 11 is 9.91. The lowest BCUT2D eigenvalue weighted by atomic mass is 10.0. The van der Waals surface area contributed by atoms with Crippen LogP contribution in [0.5, 0.6) is 0 Å². The molecule has 11 heteroatoms. The Hall–Kier alpha value is -3.11. The number of nitrogens with zero attached hydrogens (tertiary/aromatic N) is 4. The Morgan fingerprint density at radius 1 is 1.11 bits per heavy atom. The van der Waals surface area contributed by atoms with Gasteiger partial charge in [-0.1, -0.05) is 35.9 Å². The Morgan fingerprint density at radius 2 is 1.86 bits per heavy atom. The first-order chi connectivity index (χ1) is 17.2. The third-order valence-electron chi connectivity index (χ3n) is 6.16. The average Bonchev–Trinajstić information content (AvgIpc) is 3.25. The molecule has 1 amide bonds. The molecule has 1 fully saturated rings. The molecule has 2 aromatic heterocycles. The Kier molecular flexibility index (Phi) is 6.65. The molecular weight excluding hydrogens is 559 g/mol. The number of fused-ring (bicyclic) bond motifs is 1. The third kappa shape index (κ3) is 4.92. The summed E-state index contributed by atoms with van der Waals surface area (Å²) in [4.78, 5) is 23.7. The minimum atomic E-state index is -4.49. The van der Waals surface area contributed by atoms with E-state index in [4.69, 9.17) is 16.6 Å². The zero-order valence-corrected chi connectivity index (χ0v) is 21.1. The second-order valence-corrected chi connectivity index (χ2v) is 9.74. The summed E-state index contributed by atoms with van der Waals surface area (Å²) in [6.45, 7) is 0.816. The largest absolute Gasteiger partial charge is 0.416 e. The number of likely N-dealkylation sites (tertiary alicyclic amines) is 1. The van der Waals surface area contributed by atoms with Crippen LogP contribution >= 0.6 is 27.5 Å². The van der Waals surface area contributed by atoms with E-state index in [2.05, 4.69) is 26.2 Å². The number of carbonyl (C=O) groups excluding carboxylic acids is 1. The molecule has 5 rings (SSSR count). The Labute approximate surface area is 218 Å². The molecule has 1 saturated heterocycles. The number of halogens is 5. The second-order valence-electron chi connectivity index (χ2n) is 8.52. The quantitative estimate of drug-likeness (QED) is 0.298. The first-order valence-corrected chi connectivity index (χ1v) is 12.4. The molecule has 0 atom stereocenters. The van der Waals surface area contributed by atoms with Crippen LogP contribution in [0.25, 0.3) is 16.9 Å². The Balaban J connectivity index is 1.33. The monoisotopic (exact) mass is 577 g/mol. The van der Waals surface area contributed by atoms with Crippen molar-refractivity contribution in [2.24, 2.45) is 0 Å². The van der Waals surface area contributed by atoms with Gasteiger partial charge >= 0.3 is 6.18 Å². The van der Waals surface area contributed by atoms with Crippen LogP contribution in [-0.2, 0) is 6.18 Å². The van der Waals surface area contributed by atoms with Crippen LogP contribution in [0.15, 0.2) is 65.5 Å². The predicted molar refractivity (Wildman–Crippen MR) is 135 cm³/mol. The van der Waals surface area contributed by atoms with Crippen LogP contribution in [0.4, 0.5) is 19.0 Å². The zero-order valence-electron chi connectivity index (χ0n) is 18.8. The molecular formula is C25H20BrClF3N5O. The highest BCUT2D eigenvalue weighted by Crippen LogP contribution is 2.32. The van der Waals surface area contributed by atoms with E-state index in [0.717, 1.165) is 22.3 Å². The van der Waals surface area contributed by atoms with Crippen molar-refractivity contribution in [2.45, 2.75) is 25.1 Å². The predicted octanol–water partition coefficient (Wildman–Crippen LogP) is 6.55. The fraction of sp³-hybridized carbons (Fsp3) is 0.240. The molecule has 1 N–H and O–H groups in total. The lowest BCUT2D eigenvalue weighted by Gasteiger charge is -2.33. The third-order valence-corrected chi connectivity index (χ3v) is 7.07. The molecule has 3 heterocycles. The number of anilines is 1. The van der Waals surface area contributed by atoms with Gasteiger partial charge < -0.3 is 10.2 Å². The van der Waals surface area contributed by atoms with Gasteiger partial charge in [0.1, 0.15) is 4.60 Å². The summed E-state index contributed by atoms with van der Waals surface area (Å²) in [5.41, 5.74) is 1.30. The smallest absolute Gasteiger partial charge is 0.364 e.